The lowest BCUT2D eigenvalue weighted by Crippen LogP contribution is -2.22. The van der Waals surface area contributed by atoms with Crippen molar-refractivity contribution < 1.29 is 27.2 Å². The van der Waals surface area contributed by atoms with Crippen LogP contribution in [0, 0.1) is 5.82 Å². The number of nitrogens with zero attached hydrogens (tertiary/aromatic N) is 1. The number of thiophene rings is 1. The highest BCUT2D eigenvalue weighted by Gasteiger charge is 2.42. The van der Waals surface area contributed by atoms with Gasteiger partial charge in [0.05, 0.1) is 4.88 Å². The van der Waals surface area contributed by atoms with E-state index in [1.807, 2.05) is 0 Å². The molecule has 26 heavy (non-hydrogen) atoms. The summed E-state index contributed by atoms with van der Waals surface area (Å²) in [7, 11) is 0. The van der Waals surface area contributed by atoms with Gasteiger partial charge in [-0.3, -0.25) is 14.9 Å². The Balaban J connectivity index is 1.96. The molecule has 0 spiro atoms. The minimum atomic E-state index is -5.07. The Morgan fingerprint density at radius 3 is 2.50 bits per heavy atom. The van der Waals surface area contributed by atoms with Crippen LogP contribution in [0.3, 0.4) is 0 Å². The Morgan fingerprint density at radius 2 is 1.88 bits per heavy atom. The quantitative estimate of drug-likeness (QED) is 0.495. The minimum absolute atomic E-state index is 0.0263. The van der Waals surface area contributed by atoms with Crippen LogP contribution >= 0.6 is 22.7 Å². The zero-order chi connectivity index (χ0) is 18.9. The maximum atomic E-state index is 13.2. The van der Waals surface area contributed by atoms with Crippen molar-refractivity contribution in [3.05, 3.63) is 58.0 Å². The zero-order valence-electron chi connectivity index (χ0n) is 12.6. The molecule has 0 atom stereocenters. The van der Waals surface area contributed by atoms with E-state index in [-0.39, 0.29) is 16.4 Å². The number of hydrogen-bond donors (Lipinski definition) is 1. The van der Waals surface area contributed by atoms with Gasteiger partial charge in [-0.1, -0.05) is 23.5 Å². The number of benzene rings is 1. The Hall–Kier alpha value is -2.59. The molecule has 1 N–H and O–H groups in total. The molecular weight excluding hydrogens is 392 g/mol. The number of thiazole rings is 1. The maximum Gasteiger partial charge on any atom is 0.455 e. The van der Waals surface area contributed by atoms with Crippen LogP contribution in [0.15, 0.2) is 41.8 Å². The van der Waals surface area contributed by atoms with Crippen LogP contribution in [-0.2, 0) is 0 Å². The molecule has 0 saturated carbocycles. The summed E-state index contributed by atoms with van der Waals surface area (Å²) in [6, 6.07) is 7.91. The van der Waals surface area contributed by atoms with E-state index in [0.29, 0.717) is 16.2 Å². The van der Waals surface area contributed by atoms with E-state index in [1.54, 1.807) is 11.4 Å². The molecule has 1 aromatic carbocycles. The first-order chi connectivity index (χ1) is 12.3. The van der Waals surface area contributed by atoms with E-state index in [4.69, 9.17) is 0 Å². The number of alkyl halides is 3. The van der Waals surface area contributed by atoms with Crippen LogP contribution in [-0.4, -0.2) is 22.9 Å². The monoisotopic (exact) mass is 400 g/mol. The predicted octanol–water partition coefficient (Wildman–Crippen LogP) is 5.01. The van der Waals surface area contributed by atoms with Crippen molar-refractivity contribution in [2.45, 2.75) is 6.18 Å². The number of hydrogen-bond acceptors (Lipinski definition) is 5. The summed E-state index contributed by atoms with van der Waals surface area (Å²) in [5, 5.41) is 3.74. The number of carbonyl (C=O) groups excluding carboxylic acids is 2. The number of ketones is 1. The molecule has 4 nitrogen and oxygen atoms in total. The Bertz CT molecular complexity index is 965. The van der Waals surface area contributed by atoms with Gasteiger partial charge in [-0.15, -0.1) is 11.3 Å². The Labute approximate surface area is 152 Å². The van der Waals surface area contributed by atoms with Crippen LogP contribution in [0.1, 0.15) is 20.0 Å². The van der Waals surface area contributed by atoms with Gasteiger partial charge in [-0.25, -0.2) is 9.37 Å². The molecule has 3 aromatic rings. The van der Waals surface area contributed by atoms with Gasteiger partial charge in [0.15, 0.2) is 5.13 Å². The second kappa shape index (κ2) is 6.96. The Morgan fingerprint density at radius 1 is 1.12 bits per heavy atom. The molecule has 0 radical (unpaired) electrons. The van der Waals surface area contributed by atoms with E-state index in [0.717, 1.165) is 23.5 Å². The van der Waals surface area contributed by atoms with Crippen molar-refractivity contribution in [3.8, 4) is 10.6 Å². The third-order valence-corrected chi connectivity index (χ3v) is 5.00. The molecule has 0 aliphatic heterocycles. The molecule has 0 saturated heterocycles. The molecular formula is C16H8F4N2O2S2. The van der Waals surface area contributed by atoms with E-state index in [1.165, 1.54) is 18.2 Å². The molecule has 0 unspecified atom stereocenters. The van der Waals surface area contributed by atoms with Crippen molar-refractivity contribution >= 4 is 39.5 Å². The van der Waals surface area contributed by atoms with Crippen LogP contribution in [0.5, 0.6) is 0 Å². The van der Waals surface area contributed by atoms with Crippen LogP contribution < -0.4 is 5.32 Å². The number of Topliss-reactive ketones (excluding diaryl/α,β-unsaturated/α-hetero) is 1. The molecule has 0 aliphatic carbocycles. The summed E-state index contributed by atoms with van der Waals surface area (Å²) in [5.74, 6) is -3.42. The fraction of sp³-hybridized carbons (Fsp3) is 0.0625. The molecule has 2 heterocycles. The highest BCUT2D eigenvalue weighted by atomic mass is 32.1. The maximum absolute atomic E-state index is 13.2. The molecule has 2 aromatic heterocycles. The molecule has 134 valence electrons. The highest BCUT2D eigenvalue weighted by molar-refractivity contribution is 7.19. The minimum Gasteiger partial charge on any atom is -0.298 e. The van der Waals surface area contributed by atoms with Gasteiger partial charge >= 0.3 is 6.18 Å². The first-order valence-corrected chi connectivity index (χ1v) is 8.68. The van der Waals surface area contributed by atoms with Gasteiger partial charge < -0.3 is 0 Å². The number of carbonyl (C=O) groups is 2. The lowest BCUT2D eigenvalue weighted by molar-refractivity contribution is -0.0882. The molecule has 0 fully saturated rings. The van der Waals surface area contributed by atoms with Gasteiger partial charge in [0.25, 0.3) is 11.7 Å². The lowest BCUT2D eigenvalue weighted by atomic mass is 10.2. The first kappa shape index (κ1) is 18.2. The van der Waals surface area contributed by atoms with E-state index < -0.39 is 28.6 Å². The summed E-state index contributed by atoms with van der Waals surface area (Å²) < 4.78 is 51.7. The third kappa shape index (κ3) is 3.81. The summed E-state index contributed by atoms with van der Waals surface area (Å²) >= 11 is 1.53. The van der Waals surface area contributed by atoms with Crippen LogP contribution in [0.4, 0.5) is 22.7 Å². The topological polar surface area (TPSA) is 59.1 Å². The molecule has 3 rings (SSSR count). The van der Waals surface area contributed by atoms with E-state index >= 15 is 0 Å². The second-order valence-electron chi connectivity index (χ2n) is 4.97. The van der Waals surface area contributed by atoms with E-state index in [2.05, 4.69) is 10.3 Å². The number of anilines is 1. The van der Waals surface area contributed by atoms with Crippen molar-refractivity contribution in [3.63, 3.8) is 0 Å². The summed E-state index contributed by atoms with van der Waals surface area (Å²) in [4.78, 5) is 27.5. The van der Waals surface area contributed by atoms with Crippen molar-refractivity contribution in [1.82, 2.24) is 4.98 Å². The summed E-state index contributed by atoms with van der Waals surface area (Å²) in [6.07, 6.45) is -5.07. The SMILES string of the molecule is O=C(Nc1nc(-c2cccs2)c(C(=O)C(F)(F)F)s1)c1cccc(F)c1. The fourth-order valence-electron chi connectivity index (χ4n) is 2.04. The number of amides is 1. The molecule has 0 aliphatic rings. The van der Waals surface area contributed by atoms with Crippen molar-refractivity contribution in [2.75, 3.05) is 5.32 Å². The number of rotatable bonds is 4. The largest absolute Gasteiger partial charge is 0.455 e. The molecule has 0 bridgehead atoms. The zero-order valence-corrected chi connectivity index (χ0v) is 14.3. The fourth-order valence-corrected chi connectivity index (χ4v) is 3.76. The smallest absolute Gasteiger partial charge is 0.298 e. The van der Waals surface area contributed by atoms with Crippen LogP contribution in [0.2, 0.25) is 0 Å². The normalized spacial score (nSPS) is 11.4. The summed E-state index contributed by atoms with van der Waals surface area (Å²) in [6.45, 7) is 0. The average molecular weight is 400 g/mol. The second-order valence-corrected chi connectivity index (χ2v) is 6.91. The third-order valence-electron chi connectivity index (χ3n) is 3.15. The lowest BCUT2D eigenvalue weighted by Gasteiger charge is -2.03. The molecule has 1 amide bonds. The summed E-state index contributed by atoms with van der Waals surface area (Å²) in [5.41, 5.74) is -0.177. The standard InChI is InChI=1S/C16H8F4N2O2S2/c17-9-4-1-3-8(7-9)14(24)22-15-21-11(10-5-2-6-25-10)12(26-15)13(23)16(18,19)20/h1-7H,(H,21,22,24). The van der Waals surface area contributed by atoms with Gasteiger partial charge in [0, 0.05) is 5.56 Å². The van der Waals surface area contributed by atoms with Crippen molar-refractivity contribution in [1.29, 1.82) is 0 Å². The highest BCUT2D eigenvalue weighted by Crippen LogP contribution is 2.37. The number of nitrogens with one attached hydrogen (secondary N) is 1. The molecule has 10 heteroatoms. The van der Waals surface area contributed by atoms with E-state index in [9.17, 15) is 27.2 Å². The number of halogens is 4. The van der Waals surface area contributed by atoms with Crippen LogP contribution in [0.25, 0.3) is 10.6 Å². The van der Waals surface area contributed by atoms with Gasteiger partial charge in [-0.05, 0) is 29.6 Å². The van der Waals surface area contributed by atoms with Crippen molar-refractivity contribution in [2.24, 2.45) is 0 Å². The predicted molar refractivity (Wildman–Crippen MR) is 90.2 cm³/mol. The van der Waals surface area contributed by atoms with Gasteiger partial charge in [0.1, 0.15) is 16.4 Å². The van der Waals surface area contributed by atoms with Gasteiger partial charge in [0.2, 0.25) is 0 Å². The average Bonchev–Trinajstić information content (AvgIpc) is 3.22. The Kier molecular flexibility index (Phi) is 4.88. The van der Waals surface area contributed by atoms with Gasteiger partial charge in [-0.2, -0.15) is 13.2 Å². The first-order valence-electron chi connectivity index (χ1n) is 6.99. The number of aromatic nitrogens is 1.